The molecule has 0 aliphatic heterocycles. The van der Waals surface area contributed by atoms with Crippen LogP contribution in [0.4, 0.5) is 0 Å². The molecule has 0 N–H and O–H groups in total. The van der Waals surface area contributed by atoms with Crippen molar-refractivity contribution in [3.8, 4) is 0 Å². The fraction of sp³-hybridized carbons (Fsp3) is 0.688. The SMILES string of the molecule is C=C=C(C)CCCC=C(C)CCCCCC. The monoisotopic (exact) mass is 220 g/mol. The Morgan fingerprint density at radius 2 is 1.81 bits per heavy atom. The molecule has 0 heteroatoms. The van der Waals surface area contributed by atoms with Gasteiger partial charge >= 0.3 is 0 Å². The van der Waals surface area contributed by atoms with Crippen LogP contribution in [0, 0.1) is 0 Å². The minimum atomic E-state index is 1.14. The van der Waals surface area contributed by atoms with Gasteiger partial charge in [0.2, 0.25) is 0 Å². The van der Waals surface area contributed by atoms with Gasteiger partial charge in [-0.2, -0.15) is 0 Å². The van der Waals surface area contributed by atoms with E-state index in [0.717, 1.165) is 6.42 Å². The van der Waals surface area contributed by atoms with Crippen LogP contribution in [0.25, 0.3) is 0 Å². The molecule has 0 bridgehead atoms. The molecule has 0 aliphatic carbocycles. The van der Waals surface area contributed by atoms with Crippen LogP contribution < -0.4 is 0 Å². The van der Waals surface area contributed by atoms with Crippen LogP contribution in [0.15, 0.2) is 29.5 Å². The molecule has 0 radical (unpaired) electrons. The van der Waals surface area contributed by atoms with Gasteiger partial charge in [0, 0.05) is 0 Å². The van der Waals surface area contributed by atoms with Crippen LogP contribution >= 0.6 is 0 Å². The zero-order chi connectivity index (χ0) is 12.2. The van der Waals surface area contributed by atoms with E-state index in [1.165, 1.54) is 50.5 Å². The fourth-order valence-electron chi connectivity index (χ4n) is 1.74. The molecule has 0 aromatic rings. The zero-order valence-electron chi connectivity index (χ0n) is 11.4. The van der Waals surface area contributed by atoms with Gasteiger partial charge in [-0.1, -0.05) is 44.4 Å². The van der Waals surface area contributed by atoms with Crippen molar-refractivity contribution in [2.45, 2.75) is 72.1 Å². The molecule has 0 unspecified atom stereocenters. The number of hydrogen-bond acceptors (Lipinski definition) is 0. The van der Waals surface area contributed by atoms with Crippen molar-refractivity contribution in [1.29, 1.82) is 0 Å². The van der Waals surface area contributed by atoms with Gasteiger partial charge in [-0.3, -0.25) is 0 Å². The molecular weight excluding hydrogens is 192 g/mol. The molecule has 0 rings (SSSR count). The first-order valence-corrected chi connectivity index (χ1v) is 6.71. The summed E-state index contributed by atoms with van der Waals surface area (Å²) in [6, 6.07) is 0. The Hall–Kier alpha value is -0.740. The van der Waals surface area contributed by atoms with Crippen LogP contribution in [-0.2, 0) is 0 Å². The van der Waals surface area contributed by atoms with Crippen LogP contribution in [0.1, 0.15) is 72.1 Å². The average molecular weight is 220 g/mol. The van der Waals surface area contributed by atoms with E-state index >= 15 is 0 Å². The molecule has 0 saturated carbocycles. The number of unbranched alkanes of at least 4 members (excludes halogenated alkanes) is 4. The van der Waals surface area contributed by atoms with Crippen molar-refractivity contribution in [3.05, 3.63) is 29.5 Å². The second-order valence-corrected chi connectivity index (χ2v) is 4.71. The third kappa shape index (κ3) is 9.80. The van der Waals surface area contributed by atoms with E-state index in [1.54, 1.807) is 5.57 Å². The molecule has 92 valence electrons. The number of hydrogen-bond donors (Lipinski definition) is 0. The quantitative estimate of drug-likeness (QED) is 0.261. The normalized spacial score (nSPS) is 11.3. The third-order valence-electron chi connectivity index (χ3n) is 2.98. The van der Waals surface area contributed by atoms with Gasteiger partial charge < -0.3 is 0 Å². The van der Waals surface area contributed by atoms with Gasteiger partial charge in [-0.15, -0.1) is 5.73 Å². The summed E-state index contributed by atoms with van der Waals surface area (Å²) in [7, 11) is 0. The Morgan fingerprint density at radius 1 is 1.06 bits per heavy atom. The molecular formula is C16H28. The Morgan fingerprint density at radius 3 is 2.44 bits per heavy atom. The molecule has 0 fully saturated rings. The van der Waals surface area contributed by atoms with E-state index in [4.69, 9.17) is 0 Å². The highest BCUT2D eigenvalue weighted by Gasteiger charge is 1.92. The molecule has 0 amide bonds. The molecule has 0 aromatic carbocycles. The lowest BCUT2D eigenvalue weighted by atomic mass is 10.0. The van der Waals surface area contributed by atoms with E-state index in [2.05, 4.69) is 39.2 Å². The Kier molecular flexibility index (Phi) is 10.3. The standard InChI is InChI=1S/C16H28/c1-5-7-8-9-13-16(4)14-11-10-12-15(3)6-2/h14H,2,5,7-13H2,1,3-4H3. The first-order chi connectivity index (χ1) is 7.70. The van der Waals surface area contributed by atoms with Gasteiger partial charge in [0.1, 0.15) is 0 Å². The first kappa shape index (κ1) is 15.3. The highest BCUT2D eigenvalue weighted by molar-refractivity contribution is 4.99. The maximum Gasteiger partial charge on any atom is -0.0244 e. The van der Waals surface area contributed by atoms with Crippen molar-refractivity contribution in [2.24, 2.45) is 0 Å². The minimum Gasteiger partial charge on any atom is -0.130 e. The van der Waals surface area contributed by atoms with E-state index in [-0.39, 0.29) is 0 Å². The van der Waals surface area contributed by atoms with Crippen molar-refractivity contribution in [3.63, 3.8) is 0 Å². The molecule has 0 spiro atoms. The zero-order valence-corrected chi connectivity index (χ0v) is 11.4. The summed E-state index contributed by atoms with van der Waals surface area (Å²) in [5, 5.41) is 0. The van der Waals surface area contributed by atoms with Gasteiger partial charge in [-0.25, -0.2) is 0 Å². The summed E-state index contributed by atoms with van der Waals surface area (Å²) in [6.45, 7) is 10.3. The molecule has 0 aromatic heterocycles. The first-order valence-electron chi connectivity index (χ1n) is 6.71. The van der Waals surface area contributed by atoms with E-state index in [1.807, 2.05) is 0 Å². The Bertz CT molecular complexity index is 239. The molecule has 0 aliphatic rings. The maximum absolute atomic E-state index is 3.65. The van der Waals surface area contributed by atoms with Gasteiger partial charge in [0.25, 0.3) is 0 Å². The molecule has 0 saturated heterocycles. The Balaban J connectivity index is 3.51. The van der Waals surface area contributed by atoms with Crippen molar-refractivity contribution < 1.29 is 0 Å². The lowest BCUT2D eigenvalue weighted by Gasteiger charge is -2.01. The smallest absolute Gasteiger partial charge is 0.0244 e. The summed E-state index contributed by atoms with van der Waals surface area (Å²) in [4.78, 5) is 0. The summed E-state index contributed by atoms with van der Waals surface area (Å²) in [5.74, 6) is 0. The van der Waals surface area contributed by atoms with Crippen LogP contribution in [0.2, 0.25) is 0 Å². The van der Waals surface area contributed by atoms with E-state index < -0.39 is 0 Å². The van der Waals surface area contributed by atoms with Crippen molar-refractivity contribution >= 4 is 0 Å². The molecule has 16 heavy (non-hydrogen) atoms. The van der Waals surface area contributed by atoms with E-state index in [9.17, 15) is 0 Å². The average Bonchev–Trinajstić information content (AvgIpc) is 2.30. The van der Waals surface area contributed by atoms with Crippen LogP contribution in [-0.4, -0.2) is 0 Å². The van der Waals surface area contributed by atoms with Crippen LogP contribution in [0.3, 0.4) is 0 Å². The second kappa shape index (κ2) is 10.8. The molecule has 0 nitrogen and oxygen atoms in total. The predicted octanol–water partition coefficient (Wildman–Crippen LogP) is 5.80. The third-order valence-corrected chi connectivity index (χ3v) is 2.98. The summed E-state index contributed by atoms with van der Waals surface area (Å²) >= 11 is 0. The highest BCUT2D eigenvalue weighted by Crippen LogP contribution is 2.12. The Labute approximate surface area is 102 Å². The summed E-state index contributed by atoms with van der Waals surface area (Å²) in [6.07, 6.45) is 12.7. The van der Waals surface area contributed by atoms with Gasteiger partial charge in [0.05, 0.1) is 0 Å². The minimum absolute atomic E-state index is 1.14. The number of allylic oxidation sites excluding steroid dienone is 3. The van der Waals surface area contributed by atoms with Crippen molar-refractivity contribution in [2.75, 3.05) is 0 Å². The number of rotatable bonds is 9. The lowest BCUT2D eigenvalue weighted by molar-refractivity contribution is 0.662. The second-order valence-electron chi connectivity index (χ2n) is 4.71. The molecule has 0 heterocycles. The summed E-state index contributed by atoms with van der Waals surface area (Å²) in [5.41, 5.74) is 5.80. The van der Waals surface area contributed by atoms with Gasteiger partial charge in [-0.05, 0) is 51.5 Å². The van der Waals surface area contributed by atoms with E-state index in [0.29, 0.717) is 0 Å². The van der Waals surface area contributed by atoms with Gasteiger partial charge in [0.15, 0.2) is 0 Å². The largest absolute Gasteiger partial charge is 0.130 e. The highest BCUT2D eigenvalue weighted by atomic mass is 14.0. The molecule has 0 atom stereocenters. The fourth-order valence-corrected chi connectivity index (χ4v) is 1.74. The lowest BCUT2D eigenvalue weighted by Crippen LogP contribution is -1.81. The maximum atomic E-state index is 3.65. The van der Waals surface area contributed by atoms with Crippen LogP contribution in [0.5, 0.6) is 0 Å². The van der Waals surface area contributed by atoms with Crippen molar-refractivity contribution in [1.82, 2.24) is 0 Å². The predicted molar refractivity (Wildman–Crippen MR) is 74.7 cm³/mol. The topological polar surface area (TPSA) is 0 Å². The summed E-state index contributed by atoms with van der Waals surface area (Å²) < 4.78 is 0.